The Bertz CT molecular complexity index is 337. The summed E-state index contributed by atoms with van der Waals surface area (Å²) in [6.45, 7) is 9.65. The van der Waals surface area contributed by atoms with E-state index in [-0.39, 0.29) is 0 Å². The molecule has 4 nitrogen and oxygen atoms in total. The number of nitrogens with zero attached hydrogens (tertiary/aromatic N) is 2. The molecule has 0 bridgehead atoms. The molecule has 1 unspecified atom stereocenters. The van der Waals surface area contributed by atoms with E-state index in [2.05, 4.69) is 29.0 Å². The average molecular weight is 237 g/mol. The molecule has 1 fully saturated rings. The third-order valence-corrected chi connectivity index (χ3v) is 3.36. The van der Waals surface area contributed by atoms with Gasteiger partial charge in [0.1, 0.15) is 5.76 Å². The van der Waals surface area contributed by atoms with E-state index < -0.39 is 0 Å². The second-order valence-corrected chi connectivity index (χ2v) is 4.77. The lowest BCUT2D eigenvalue weighted by Gasteiger charge is -2.13. The first-order valence-electron chi connectivity index (χ1n) is 6.68. The van der Waals surface area contributed by atoms with Crippen molar-refractivity contribution < 1.29 is 4.42 Å². The van der Waals surface area contributed by atoms with E-state index in [1.807, 2.05) is 6.20 Å². The van der Waals surface area contributed by atoms with Crippen LogP contribution in [0.1, 0.15) is 31.9 Å². The van der Waals surface area contributed by atoms with Gasteiger partial charge >= 0.3 is 0 Å². The molecule has 96 valence electrons. The van der Waals surface area contributed by atoms with Gasteiger partial charge < -0.3 is 9.73 Å². The molecule has 0 spiro atoms. The summed E-state index contributed by atoms with van der Waals surface area (Å²) in [5.41, 5.74) is 0. The Labute approximate surface area is 103 Å². The van der Waals surface area contributed by atoms with Gasteiger partial charge in [-0.15, -0.1) is 0 Å². The Morgan fingerprint density at radius 1 is 1.53 bits per heavy atom. The Hall–Kier alpha value is -0.870. The first-order chi connectivity index (χ1) is 8.31. The number of likely N-dealkylation sites (tertiary alicyclic amines) is 1. The van der Waals surface area contributed by atoms with Crippen LogP contribution in [0, 0.1) is 5.92 Å². The van der Waals surface area contributed by atoms with E-state index in [0.29, 0.717) is 0 Å². The number of nitrogens with one attached hydrogen (secondary N) is 1. The third-order valence-electron chi connectivity index (χ3n) is 3.36. The maximum atomic E-state index is 5.64. The smallest absolute Gasteiger partial charge is 0.208 e. The fourth-order valence-electron chi connectivity index (χ4n) is 2.35. The summed E-state index contributed by atoms with van der Waals surface area (Å²) >= 11 is 0. The molecule has 2 heterocycles. The van der Waals surface area contributed by atoms with Crippen LogP contribution >= 0.6 is 0 Å². The molecule has 2 rings (SSSR count). The quantitative estimate of drug-likeness (QED) is 0.817. The zero-order valence-corrected chi connectivity index (χ0v) is 10.9. The zero-order valence-electron chi connectivity index (χ0n) is 10.9. The summed E-state index contributed by atoms with van der Waals surface area (Å²) in [4.78, 5) is 6.75. The summed E-state index contributed by atoms with van der Waals surface area (Å²) in [7, 11) is 0. The molecule has 1 aliphatic rings. The summed E-state index contributed by atoms with van der Waals surface area (Å²) in [5, 5.41) is 3.42. The van der Waals surface area contributed by atoms with Crippen LogP contribution in [0.5, 0.6) is 0 Å². The SMILES string of the molecule is CCNCC1CCN(Cc2ncc(CC)o2)C1. The van der Waals surface area contributed by atoms with Gasteiger partial charge in [-0.1, -0.05) is 13.8 Å². The lowest BCUT2D eigenvalue weighted by molar-refractivity contribution is 0.275. The fourth-order valence-corrected chi connectivity index (χ4v) is 2.35. The Morgan fingerprint density at radius 2 is 2.41 bits per heavy atom. The Morgan fingerprint density at radius 3 is 3.12 bits per heavy atom. The molecule has 1 aromatic rings. The predicted octanol–water partition coefficient (Wildman–Crippen LogP) is 1.67. The summed E-state index contributed by atoms with van der Waals surface area (Å²) in [6.07, 6.45) is 4.06. The fraction of sp³-hybridized carbons (Fsp3) is 0.769. The van der Waals surface area contributed by atoms with Crippen molar-refractivity contribution in [1.82, 2.24) is 15.2 Å². The van der Waals surface area contributed by atoms with Crippen LogP contribution in [0.2, 0.25) is 0 Å². The van der Waals surface area contributed by atoms with Gasteiger partial charge in [0.25, 0.3) is 0 Å². The highest BCUT2D eigenvalue weighted by atomic mass is 16.4. The van der Waals surface area contributed by atoms with E-state index in [1.54, 1.807) is 0 Å². The van der Waals surface area contributed by atoms with Gasteiger partial charge in [0.2, 0.25) is 5.89 Å². The van der Waals surface area contributed by atoms with Crippen molar-refractivity contribution in [1.29, 1.82) is 0 Å². The zero-order chi connectivity index (χ0) is 12.1. The molecule has 1 atom stereocenters. The monoisotopic (exact) mass is 237 g/mol. The number of aryl methyl sites for hydroxylation is 1. The largest absolute Gasteiger partial charge is 0.444 e. The van der Waals surface area contributed by atoms with Gasteiger partial charge in [0, 0.05) is 13.0 Å². The van der Waals surface area contributed by atoms with E-state index in [4.69, 9.17) is 4.42 Å². The molecule has 1 N–H and O–H groups in total. The van der Waals surface area contributed by atoms with Crippen molar-refractivity contribution in [2.75, 3.05) is 26.2 Å². The molecule has 4 heteroatoms. The standard InChI is InChI=1S/C13H23N3O/c1-3-12-8-15-13(17-12)10-16-6-5-11(9-16)7-14-4-2/h8,11,14H,3-7,9-10H2,1-2H3. The van der Waals surface area contributed by atoms with Crippen LogP contribution in [-0.2, 0) is 13.0 Å². The molecule has 0 saturated carbocycles. The van der Waals surface area contributed by atoms with Crippen molar-refractivity contribution in [3.05, 3.63) is 17.8 Å². The number of oxazole rings is 1. The lowest BCUT2D eigenvalue weighted by atomic mass is 10.1. The highest BCUT2D eigenvalue weighted by molar-refractivity contribution is 4.94. The Kier molecular flexibility index (Phi) is 4.57. The maximum absolute atomic E-state index is 5.64. The molecule has 0 aromatic carbocycles. The van der Waals surface area contributed by atoms with Gasteiger partial charge in [-0.2, -0.15) is 0 Å². The van der Waals surface area contributed by atoms with Gasteiger partial charge in [-0.05, 0) is 32.0 Å². The van der Waals surface area contributed by atoms with Gasteiger partial charge in [0.05, 0.1) is 12.7 Å². The molecule has 0 radical (unpaired) electrons. The molecule has 0 aliphatic carbocycles. The first kappa shape index (κ1) is 12.6. The van der Waals surface area contributed by atoms with Crippen molar-refractivity contribution in [3.63, 3.8) is 0 Å². The number of aromatic nitrogens is 1. The van der Waals surface area contributed by atoms with Crippen LogP contribution in [-0.4, -0.2) is 36.1 Å². The number of rotatable bonds is 6. The molecule has 0 amide bonds. The maximum Gasteiger partial charge on any atom is 0.208 e. The third kappa shape index (κ3) is 3.54. The van der Waals surface area contributed by atoms with E-state index in [9.17, 15) is 0 Å². The van der Waals surface area contributed by atoms with E-state index in [0.717, 1.165) is 50.2 Å². The second kappa shape index (κ2) is 6.17. The average Bonchev–Trinajstić information content (AvgIpc) is 2.96. The van der Waals surface area contributed by atoms with Crippen molar-refractivity contribution in [2.24, 2.45) is 5.92 Å². The van der Waals surface area contributed by atoms with Gasteiger partial charge in [-0.25, -0.2) is 4.98 Å². The van der Waals surface area contributed by atoms with Crippen molar-refractivity contribution in [3.8, 4) is 0 Å². The summed E-state index contributed by atoms with van der Waals surface area (Å²) in [6, 6.07) is 0. The van der Waals surface area contributed by atoms with E-state index in [1.165, 1.54) is 13.0 Å². The Balaban J connectivity index is 1.77. The molecular formula is C13H23N3O. The lowest BCUT2D eigenvalue weighted by Crippen LogP contribution is -2.26. The van der Waals surface area contributed by atoms with Crippen molar-refractivity contribution in [2.45, 2.75) is 33.2 Å². The first-order valence-corrected chi connectivity index (χ1v) is 6.68. The van der Waals surface area contributed by atoms with Crippen LogP contribution in [0.4, 0.5) is 0 Å². The normalized spacial score (nSPS) is 21.2. The highest BCUT2D eigenvalue weighted by Crippen LogP contribution is 2.18. The molecular weight excluding hydrogens is 214 g/mol. The molecule has 1 aromatic heterocycles. The minimum absolute atomic E-state index is 0.788. The summed E-state index contributed by atoms with van der Waals surface area (Å²) in [5.74, 6) is 2.64. The number of hydrogen-bond donors (Lipinski definition) is 1. The minimum atomic E-state index is 0.788. The van der Waals surface area contributed by atoms with Crippen LogP contribution in [0.15, 0.2) is 10.6 Å². The predicted molar refractivity (Wildman–Crippen MR) is 67.8 cm³/mol. The van der Waals surface area contributed by atoms with Crippen molar-refractivity contribution >= 4 is 0 Å². The van der Waals surface area contributed by atoms with Crippen LogP contribution in [0.3, 0.4) is 0 Å². The molecule has 1 aliphatic heterocycles. The summed E-state index contributed by atoms with van der Waals surface area (Å²) < 4.78 is 5.64. The van der Waals surface area contributed by atoms with Gasteiger partial charge in [-0.3, -0.25) is 4.90 Å². The second-order valence-electron chi connectivity index (χ2n) is 4.77. The topological polar surface area (TPSA) is 41.3 Å². The number of hydrogen-bond acceptors (Lipinski definition) is 4. The van der Waals surface area contributed by atoms with Crippen LogP contribution in [0.25, 0.3) is 0 Å². The highest BCUT2D eigenvalue weighted by Gasteiger charge is 2.23. The molecule has 17 heavy (non-hydrogen) atoms. The van der Waals surface area contributed by atoms with E-state index >= 15 is 0 Å². The van der Waals surface area contributed by atoms with Crippen LogP contribution < -0.4 is 5.32 Å². The van der Waals surface area contributed by atoms with Gasteiger partial charge in [0.15, 0.2) is 0 Å². The minimum Gasteiger partial charge on any atom is -0.444 e. The molecule has 1 saturated heterocycles.